The van der Waals surface area contributed by atoms with Crippen molar-refractivity contribution in [3.63, 3.8) is 0 Å². The molecule has 0 fully saturated rings. The Balaban J connectivity index is 1.59. The van der Waals surface area contributed by atoms with E-state index in [-0.39, 0.29) is 5.56 Å². The van der Waals surface area contributed by atoms with E-state index in [1.807, 2.05) is 18.2 Å². The van der Waals surface area contributed by atoms with Crippen LogP contribution in [0.5, 0.6) is 0 Å². The summed E-state index contributed by atoms with van der Waals surface area (Å²) in [7, 11) is 0. The highest BCUT2D eigenvalue weighted by Crippen LogP contribution is 2.17. The van der Waals surface area contributed by atoms with Crippen molar-refractivity contribution in [1.29, 1.82) is 0 Å². The Morgan fingerprint density at radius 2 is 1.88 bits per heavy atom. The van der Waals surface area contributed by atoms with E-state index in [0.717, 1.165) is 15.4 Å². The Bertz CT molecular complexity index is 965. The summed E-state index contributed by atoms with van der Waals surface area (Å²) >= 11 is 6.95. The lowest BCUT2D eigenvalue weighted by Crippen LogP contribution is -2.17. The van der Waals surface area contributed by atoms with Crippen molar-refractivity contribution >= 4 is 39.2 Å². The Hall–Kier alpha value is -2.18. The van der Waals surface area contributed by atoms with Crippen molar-refractivity contribution < 1.29 is 0 Å². The zero-order valence-corrected chi connectivity index (χ0v) is 15.8. The number of hydrogen-bond donors (Lipinski definition) is 2. The molecule has 1 aromatic heterocycles. The summed E-state index contributed by atoms with van der Waals surface area (Å²) in [5, 5.41) is 3.87. The first-order valence-electron chi connectivity index (χ1n) is 7.97. The number of hydrogen-bond acceptors (Lipinski definition) is 4. The lowest BCUT2D eigenvalue weighted by molar-refractivity contribution is 0.938. The molecule has 3 aromatic rings. The Morgan fingerprint density at radius 3 is 2.64 bits per heavy atom. The van der Waals surface area contributed by atoms with Gasteiger partial charge in [-0.05, 0) is 37.1 Å². The van der Waals surface area contributed by atoms with E-state index in [9.17, 15) is 4.79 Å². The summed E-state index contributed by atoms with van der Waals surface area (Å²) in [6.45, 7) is 4.57. The van der Waals surface area contributed by atoms with E-state index in [4.69, 9.17) is 12.2 Å². The van der Waals surface area contributed by atoms with Crippen LogP contribution < -0.4 is 10.9 Å². The van der Waals surface area contributed by atoms with Gasteiger partial charge in [0.2, 0.25) is 0 Å². The molecule has 0 aliphatic heterocycles. The van der Waals surface area contributed by atoms with Crippen molar-refractivity contribution in [3.8, 4) is 0 Å². The minimum atomic E-state index is -0.102. The quantitative estimate of drug-likeness (QED) is 0.684. The molecule has 0 saturated heterocycles. The second kappa shape index (κ2) is 7.80. The molecule has 25 heavy (non-hydrogen) atoms. The van der Waals surface area contributed by atoms with E-state index in [1.165, 1.54) is 11.1 Å². The van der Waals surface area contributed by atoms with Crippen LogP contribution in [-0.4, -0.2) is 14.3 Å². The van der Waals surface area contributed by atoms with Crippen LogP contribution in [0.15, 0.2) is 47.3 Å². The molecule has 0 aliphatic carbocycles. The third kappa shape index (κ3) is 4.67. The van der Waals surface area contributed by atoms with Gasteiger partial charge < -0.3 is 10.3 Å². The Kier molecular flexibility index (Phi) is 5.50. The normalized spacial score (nSPS) is 10.8. The molecule has 2 N–H and O–H groups in total. The Labute approximate surface area is 156 Å². The number of nitrogens with one attached hydrogen (secondary N) is 2. The van der Waals surface area contributed by atoms with Crippen LogP contribution in [0.4, 0.5) is 0 Å². The molecule has 4 nitrogen and oxygen atoms in total. The van der Waals surface area contributed by atoms with E-state index < -0.39 is 0 Å². The summed E-state index contributed by atoms with van der Waals surface area (Å²) in [5.74, 6) is 1.34. The van der Waals surface area contributed by atoms with Crippen LogP contribution in [0.3, 0.4) is 0 Å². The number of thioether (sulfide) groups is 1. The zero-order chi connectivity index (χ0) is 17.8. The fraction of sp³-hybridized carbons (Fsp3) is 0.211. The second-order valence-electron chi connectivity index (χ2n) is 5.92. The summed E-state index contributed by atoms with van der Waals surface area (Å²) in [4.78, 5) is 19.1. The smallest absolute Gasteiger partial charge is 0.258 e. The average molecular weight is 370 g/mol. The highest BCUT2D eigenvalue weighted by molar-refractivity contribution is 8.22. The molecule has 0 spiro atoms. The van der Waals surface area contributed by atoms with Gasteiger partial charge >= 0.3 is 0 Å². The monoisotopic (exact) mass is 369 g/mol. The predicted molar refractivity (Wildman–Crippen MR) is 109 cm³/mol. The number of aromatic nitrogens is 2. The number of fused-ring (bicyclic) bond motifs is 1. The van der Waals surface area contributed by atoms with Gasteiger partial charge in [0.15, 0.2) is 0 Å². The highest BCUT2D eigenvalue weighted by Gasteiger charge is 2.05. The van der Waals surface area contributed by atoms with Crippen molar-refractivity contribution in [2.24, 2.45) is 0 Å². The van der Waals surface area contributed by atoms with Gasteiger partial charge in [0.05, 0.1) is 10.9 Å². The van der Waals surface area contributed by atoms with Gasteiger partial charge in [-0.15, -0.1) is 0 Å². The number of benzene rings is 2. The van der Waals surface area contributed by atoms with E-state index in [1.54, 1.807) is 18.7 Å². The van der Waals surface area contributed by atoms with Crippen LogP contribution >= 0.6 is 24.0 Å². The predicted octanol–water partition coefficient (Wildman–Crippen LogP) is 3.85. The Morgan fingerprint density at radius 1 is 1.16 bits per heavy atom. The van der Waals surface area contributed by atoms with Gasteiger partial charge in [0, 0.05) is 12.3 Å². The van der Waals surface area contributed by atoms with Crippen molar-refractivity contribution in [3.05, 3.63) is 75.3 Å². The number of thiocarbonyl (C=S) groups is 1. The number of aromatic amines is 1. The summed E-state index contributed by atoms with van der Waals surface area (Å²) in [6.07, 6.45) is 0. The first kappa shape index (κ1) is 17.6. The fourth-order valence-electron chi connectivity index (χ4n) is 2.47. The molecule has 128 valence electrons. The molecular weight excluding hydrogens is 350 g/mol. The fourth-order valence-corrected chi connectivity index (χ4v) is 3.37. The zero-order valence-electron chi connectivity index (χ0n) is 14.1. The number of rotatable bonds is 4. The van der Waals surface area contributed by atoms with Gasteiger partial charge in [0.1, 0.15) is 10.1 Å². The molecular formula is C19H19N3OS2. The highest BCUT2D eigenvalue weighted by atomic mass is 32.2. The maximum atomic E-state index is 12.0. The molecule has 0 saturated carbocycles. The summed E-state index contributed by atoms with van der Waals surface area (Å²) < 4.78 is 0.747. The molecule has 6 heteroatoms. The number of H-pyrrole nitrogens is 1. The summed E-state index contributed by atoms with van der Waals surface area (Å²) in [6, 6.07) is 14.1. The molecule has 3 rings (SSSR count). The van der Waals surface area contributed by atoms with Crippen LogP contribution in [0.2, 0.25) is 0 Å². The van der Waals surface area contributed by atoms with Crippen LogP contribution in [0.1, 0.15) is 22.5 Å². The lowest BCUT2D eigenvalue weighted by atomic mass is 10.1. The molecule has 0 unspecified atom stereocenters. The van der Waals surface area contributed by atoms with E-state index in [0.29, 0.717) is 23.5 Å². The molecule has 1 heterocycles. The molecule has 0 bridgehead atoms. The first-order valence-corrected chi connectivity index (χ1v) is 9.36. The third-order valence-corrected chi connectivity index (χ3v) is 5.20. The van der Waals surface area contributed by atoms with Gasteiger partial charge in [-0.3, -0.25) is 4.79 Å². The van der Waals surface area contributed by atoms with Crippen molar-refractivity contribution in [2.75, 3.05) is 0 Å². The standard InChI is InChI=1S/C19H19N3OS2/c1-12-3-5-14(6-4-12)10-20-19(24)25-11-15-7-8-17-16(9-15)18(23)22-13(2)21-17/h3-9H,10-11H2,1-2H3,(H,20,24)(H,21,22,23). The van der Waals surface area contributed by atoms with Gasteiger partial charge in [-0.25, -0.2) is 4.98 Å². The number of aryl methyl sites for hydroxylation is 2. The van der Waals surface area contributed by atoms with Crippen LogP contribution in [-0.2, 0) is 12.3 Å². The largest absolute Gasteiger partial charge is 0.367 e. The SMILES string of the molecule is Cc1ccc(CNC(=S)SCc2ccc3nc(C)[nH]c(=O)c3c2)cc1. The molecule has 0 aliphatic rings. The minimum absolute atomic E-state index is 0.102. The van der Waals surface area contributed by atoms with Crippen molar-refractivity contribution in [1.82, 2.24) is 15.3 Å². The third-order valence-electron chi connectivity index (χ3n) is 3.82. The maximum absolute atomic E-state index is 12.0. The van der Waals surface area contributed by atoms with Crippen molar-refractivity contribution in [2.45, 2.75) is 26.1 Å². The van der Waals surface area contributed by atoms with Gasteiger partial charge in [-0.1, -0.05) is 59.9 Å². The molecule has 2 aromatic carbocycles. The molecule has 0 radical (unpaired) electrons. The molecule has 0 amide bonds. The van der Waals surface area contributed by atoms with Crippen LogP contribution in [0, 0.1) is 13.8 Å². The average Bonchev–Trinajstić information content (AvgIpc) is 2.59. The maximum Gasteiger partial charge on any atom is 0.258 e. The first-order chi connectivity index (χ1) is 12.0. The summed E-state index contributed by atoms with van der Waals surface area (Å²) in [5.41, 5.74) is 4.11. The van der Waals surface area contributed by atoms with Gasteiger partial charge in [-0.2, -0.15) is 0 Å². The minimum Gasteiger partial charge on any atom is -0.367 e. The van der Waals surface area contributed by atoms with Crippen LogP contribution in [0.25, 0.3) is 10.9 Å². The lowest BCUT2D eigenvalue weighted by Gasteiger charge is -2.08. The topological polar surface area (TPSA) is 57.8 Å². The van der Waals surface area contributed by atoms with E-state index >= 15 is 0 Å². The second-order valence-corrected chi connectivity index (χ2v) is 7.57. The van der Waals surface area contributed by atoms with Gasteiger partial charge in [0.25, 0.3) is 5.56 Å². The molecule has 0 atom stereocenters. The van der Waals surface area contributed by atoms with E-state index in [2.05, 4.69) is 46.5 Å². The number of nitrogens with zero attached hydrogens (tertiary/aromatic N) is 1.